The van der Waals surface area contributed by atoms with Crippen molar-refractivity contribution in [3.05, 3.63) is 25.3 Å². The first kappa shape index (κ1) is 24.8. The summed E-state index contributed by atoms with van der Waals surface area (Å²) in [5, 5.41) is 0. The smallest absolute Gasteiger partial charge is 0.346 e. The number of ether oxygens (including phenoxy) is 2. The van der Waals surface area contributed by atoms with E-state index in [1.807, 2.05) is 12.2 Å². The van der Waals surface area contributed by atoms with Crippen molar-refractivity contribution in [2.75, 3.05) is 26.4 Å². The van der Waals surface area contributed by atoms with Crippen LogP contribution in [0.15, 0.2) is 25.3 Å². The van der Waals surface area contributed by atoms with E-state index < -0.39 is 8.56 Å². The molecule has 0 amide bonds. The van der Waals surface area contributed by atoms with Crippen LogP contribution >= 0.6 is 0 Å². The molecule has 2 heterocycles. The van der Waals surface area contributed by atoms with Gasteiger partial charge in [-0.15, -0.1) is 13.2 Å². The Kier molecular flexibility index (Phi) is 11.8. The van der Waals surface area contributed by atoms with Gasteiger partial charge in [-0.2, -0.15) is 0 Å². The Morgan fingerprint density at radius 1 is 0.793 bits per heavy atom. The van der Waals surface area contributed by atoms with Gasteiger partial charge in [-0.05, 0) is 12.8 Å². The van der Waals surface area contributed by atoms with Crippen LogP contribution in [0.5, 0.6) is 0 Å². The average Bonchev–Trinajstić information content (AvgIpc) is 2.67. The van der Waals surface area contributed by atoms with E-state index in [2.05, 4.69) is 27.0 Å². The molecule has 0 aromatic rings. The number of hydrogen-bond acceptors (Lipinski definition) is 4. The average molecular weight is 425 g/mol. The molecule has 0 bridgehead atoms. The number of hydrogen-bond donors (Lipinski definition) is 0. The first-order valence-electron chi connectivity index (χ1n) is 11.9. The Morgan fingerprint density at radius 2 is 1.24 bits per heavy atom. The highest BCUT2D eigenvalue weighted by Crippen LogP contribution is 2.31. The molecule has 2 aliphatic heterocycles. The zero-order chi connectivity index (χ0) is 21.0. The van der Waals surface area contributed by atoms with E-state index in [0.717, 1.165) is 25.3 Å². The molecular formula is C24H44O4Si. The van der Waals surface area contributed by atoms with E-state index in [9.17, 15) is 0 Å². The molecule has 4 unspecified atom stereocenters. The Bertz CT molecular complexity index is 428. The molecule has 29 heavy (non-hydrogen) atoms. The Morgan fingerprint density at radius 3 is 1.55 bits per heavy atom. The molecule has 2 fully saturated rings. The van der Waals surface area contributed by atoms with E-state index in [0.29, 0.717) is 25.0 Å². The van der Waals surface area contributed by atoms with Gasteiger partial charge in [-0.25, -0.2) is 0 Å². The molecule has 0 spiro atoms. The third kappa shape index (κ3) is 7.95. The predicted molar refractivity (Wildman–Crippen MR) is 122 cm³/mol. The van der Waals surface area contributed by atoms with Crippen LogP contribution in [0, 0.1) is 11.8 Å². The van der Waals surface area contributed by atoms with Crippen LogP contribution in [0.2, 0.25) is 12.1 Å². The second-order valence-electron chi connectivity index (χ2n) is 8.77. The maximum absolute atomic E-state index is 6.50. The molecular weight excluding hydrogens is 380 g/mol. The normalized spacial score (nSPS) is 26.6. The quantitative estimate of drug-likeness (QED) is 0.153. The zero-order valence-electron chi connectivity index (χ0n) is 18.9. The molecule has 0 radical (unpaired) electrons. The maximum atomic E-state index is 6.50. The van der Waals surface area contributed by atoms with Crippen molar-refractivity contribution in [2.24, 2.45) is 11.8 Å². The van der Waals surface area contributed by atoms with Crippen LogP contribution in [0.25, 0.3) is 0 Å². The van der Waals surface area contributed by atoms with Gasteiger partial charge in [0.05, 0.1) is 38.6 Å². The summed E-state index contributed by atoms with van der Waals surface area (Å²) >= 11 is 0. The van der Waals surface area contributed by atoms with Gasteiger partial charge in [-0.3, -0.25) is 0 Å². The summed E-state index contributed by atoms with van der Waals surface area (Å²) in [4.78, 5) is 0. The molecule has 2 saturated heterocycles. The highest BCUT2D eigenvalue weighted by atomic mass is 28.4. The van der Waals surface area contributed by atoms with Gasteiger partial charge in [-0.1, -0.05) is 64.5 Å². The lowest BCUT2D eigenvalue weighted by atomic mass is 9.92. The number of allylic oxidation sites excluding steroid dienone is 2. The van der Waals surface area contributed by atoms with Gasteiger partial charge in [0.25, 0.3) is 0 Å². The molecule has 4 atom stereocenters. The topological polar surface area (TPSA) is 36.9 Å². The fourth-order valence-corrected chi connectivity index (χ4v) is 6.76. The number of unbranched alkanes of at least 4 members (excludes halogenated alkanes) is 4. The van der Waals surface area contributed by atoms with Crippen LogP contribution in [0.4, 0.5) is 0 Å². The van der Waals surface area contributed by atoms with Crippen molar-refractivity contribution in [1.29, 1.82) is 0 Å². The molecule has 0 aromatic heterocycles. The van der Waals surface area contributed by atoms with Gasteiger partial charge in [0.2, 0.25) is 0 Å². The molecule has 0 aromatic carbocycles. The summed E-state index contributed by atoms with van der Waals surface area (Å²) < 4.78 is 24.6. The standard InChI is InChI=1S/C24H44O4Si/c1-5-9-11-13-21-17-25-23(21)19-27-29(15-7-3,16-8-4)28-20-24-22(18-26-24)14-12-10-6-2/h7-8,21-24H,3-6,9-20H2,1-2H3. The summed E-state index contributed by atoms with van der Waals surface area (Å²) in [6.07, 6.45) is 14.5. The lowest BCUT2D eigenvalue weighted by Gasteiger charge is -2.41. The lowest BCUT2D eigenvalue weighted by molar-refractivity contribution is -0.147. The SMILES string of the molecule is C=CC[Si](CC=C)(OCC1OCC1CCCCC)OCC1OCC1CCCCC. The maximum Gasteiger partial charge on any atom is 0.346 e. The minimum Gasteiger partial charge on any atom is -0.391 e. The Hall–Kier alpha value is -0.463. The third-order valence-electron chi connectivity index (χ3n) is 6.39. The molecule has 0 saturated carbocycles. The van der Waals surface area contributed by atoms with Crippen molar-refractivity contribution in [3.63, 3.8) is 0 Å². The van der Waals surface area contributed by atoms with Crippen LogP contribution in [-0.4, -0.2) is 47.2 Å². The summed E-state index contributed by atoms with van der Waals surface area (Å²) in [5.41, 5.74) is 0. The fraction of sp³-hybridized carbons (Fsp3) is 0.833. The zero-order valence-corrected chi connectivity index (χ0v) is 19.9. The van der Waals surface area contributed by atoms with Crippen molar-refractivity contribution >= 4 is 8.56 Å². The number of rotatable bonds is 18. The molecule has 0 N–H and O–H groups in total. The minimum atomic E-state index is -2.42. The van der Waals surface area contributed by atoms with Crippen LogP contribution in [-0.2, 0) is 18.3 Å². The molecule has 4 nitrogen and oxygen atoms in total. The molecule has 5 heteroatoms. The van der Waals surface area contributed by atoms with Gasteiger partial charge in [0.1, 0.15) is 0 Å². The van der Waals surface area contributed by atoms with E-state index in [4.69, 9.17) is 18.3 Å². The Balaban J connectivity index is 1.82. The summed E-state index contributed by atoms with van der Waals surface area (Å²) in [7, 11) is -2.42. The molecule has 2 rings (SSSR count). The molecule has 2 aliphatic rings. The Labute approximate surface area is 180 Å². The first-order chi connectivity index (χ1) is 14.2. The largest absolute Gasteiger partial charge is 0.391 e. The second kappa shape index (κ2) is 13.8. The van der Waals surface area contributed by atoms with E-state index in [1.165, 1.54) is 51.4 Å². The van der Waals surface area contributed by atoms with Crippen LogP contribution in [0.1, 0.15) is 65.2 Å². The van der Waals surface area contributed by atoms with Crippen molar-refractivity contribution in [2.45, 2.75) is 89.5 Å². The van der Waals surface area contributed by atoms with Gasteiger partial charge >= 0.3 is 8.56 Å². The second-order valence-corrected chi connectivity index (χ2v) is 12.0. The molecule has 0 aliphatic carbocycles. The van der Waals surface area contributed by atoms with Gasteiger partial charge < -0.3 is 18.3 Å². The van der Waals surface area contributed by atoms with E-state index in [1.54, 1.807) is 0 Å². The summed E-state index contributed by atoms with van der Waals surface area (Å²) in [6, 6.07) is 1.55. The highest BCUT2D eigenvalue weighted by Gasteiger charge is 2.41. The van der Waals surface area contributed by atoms with E-state index >= 15 is 0 Å². The van der Waals surface area contributed by atoms with Crippen LogP contribution < -0.4 is 0 Å². The minimum absolute atomic E-state index is 0.221. The first-order valence-corrected chi connectivity index (χ1v) is 14.1. The van der Waals surface area contributed by atoms with Gasteiger partial charge in [0.15, 0.2) is 0 Å². The van der Waals surface area contributed by atoms with E-state index in [-0.39, 0.29) is 12.2 Å². The van der Waals surface area contributed by atoms with Crippen LogP contribution in [0.3, 0.4) is 0 Å². The third-order valence-corrected chi connectivity index (χ3v) is 9.60. The monoisotopic (exact) mass is 424 g/mol. The lowest BCUT2D eigenvalue weighted by Crippen LogP contribution is -2.51. The van der Waals surface area contributed by atoms with Gasteiger partial charge in [0, 0.05) is 23.9 Å². The molecule has 168 valence electrons. The van der Waals surface area contributed by atoms with Crippen molar-refractivity contribution in [3.8, 4) is 0 Å². The summed E-state index contributed by atoms with van der Waals surface area (Å²) in [6.45, 7) is 15.4. The fourth-order valence-electron chi connectivity index (χ4n) is 4.23. The summed E-state index contributed by atoms with van der Waals surface area (Å²) in [5.74, 6) is 1.28. The van der Waals surface area contributed by atoms with Crippen molar-refractivity contribution < 1.29 is 18.3 Å². The van der Waals surface area contributed by atoms with Crippen molar-refractivity contribution in [1.82, 2.24) is 0 Å². The predicted octanol–water partition coefficient (Wildman–Crippen LogP) is 6.02. The highest BCUT2D eigenvalue weighted by molar-refractivity contribution is 6.68.